The normalized spacial score (nSPS) is 15.7. The largest absolute Gasteiger partial charge is 0.495 e. The molecule has 4 aliphatic heterocycles. The quantitative estimate of drug-likeness (QED) is 0.0445. The minimum atomic E-state index is -0.804. The number of rotatable bonds is 23. The standard InChI is InChI=1S/C27H32BClN2O4S.C21H20BrClN2O2S.C19H18BClN2O2S.C19H18BrClN2OS.C12H24B2O4/c1-8-20-16(2)30-25(23-11-12-24(29)36-23)31-22(20)14-18-9-10-21(19(13-18)15-33-17(3)32)28-34-26(4,5)27(6,7)35-28;1-4-16-12(2)24-21(19-7-8-20(23)28-19)25-18(16)10-14-5-6-17(22)15(9-14)11-27-13(3)26;1-3-14-11(2)22-19(17-6-7-18(21)26-17)23-16(14)9-12-4-5-15-13(8-12)10-25-20(15)24;1-3-14-11(2)22-19(17-6-7-18(21)25-17)23-16(14)9-12-4-5-15(20)13(8-12)10-24;1-9(2)10(3,4)16-13(15-9)14-17-11(5,6)12(7,8)18-14/h9-13H,8,14-15H2,1-7H3;5-9H,4,10-11H2,1-3H3;4-8,24H,3,9-10H2,1-2H3;4-8,24H,3,9-10H2,1-2H3;1-8H3. The second-order valence-electron chi connectivity index (χ2n) is 35.9. The molecule has 12 aromatic rings. The number of halogens is 6. The summed E-state index contributed by atoms with van der Waals surface area (Å²) in [5.41, 5.74) is 20.2. The molecule has 3 saturated heterocycles. The molecule has 0 aliphatic carbocycles. The third kappa shape index (κ3) is 25.7. The molecule has 12 heterocycles. The highest BCUT2D eigenvalue weighted by Crippen LogP contribution is 2.45. The van der Waals surface area contributed by atoms with E-state index in [1.54, 1.807) is 0 Å². The Kier molecular flexibility index (Phi) is 35.0. The highest BCUT2D eigenvalue weighted by molar-refractivity contribution is 9.10. The van der Waals surface area contributed by atoms with Crippen molar-refractivity contribution in [2.75, 3.05) is 0 Å². The topological polar surface area (TPSA) is 261 Å². The Labute approximate surface area is 835 Å². The van der Waals surface area contributed by atoms with Crippen molar-refractivity contribution >= 4 is 175 Å². The molecule has 35 heteroatoms. The van der Waals surface area contributed by atoms with Gasteiger partial charge in [-0.15, -0.1) is 45.3 Å². The molecule has 4 aliphatic rings. The molecule has 3 fully saturated rings. The van der Waals surface area contributed by atoms with Crippen molar-refractivity contribution in [1.82, 2.24) is 39.9 Å². The summed E-state index contributed by atoms with van der Waals surface area (Å²) in [4.78, 5) is 64.9. The number of aromatic nitrogens is 8. The van der Waals surface area contributed by atoms with Gasteiger partial charge in [0.15, 0.2) is 23.3 Å². The molecule has 0 atom stereocenters. The van der Waals surface area contributed by atoms with E-state index in [1.165, 1.54) is 70.3 Å². The summed E-state index contributed by atoms with van der Waals surface area (Å²) in [5, 5.41) is 19.3. The zero-order chi connectivity index (χ0) is 96.7. The molecule has 700 valence electrons. The number of thiophene rings is 4. The van der Waals surface area contributed by atoms with Crippen LogP contribution in [0.3, 0.4) is 0 Å². The van der Waals surface area contributed by atoms with Crippen molar-refractivity contribution in [1.29, 1.82) is 0 Å². The van der Waals surface area contributed by atoms with Crippen LogP contribution in [-0.2, 0) is 129 Å². The van der Waals surface area contributed by atoms with E-state index in [0.717, 1.165) is 197 Å². The number of ether oxygens (including phenoxy) is 2. The first-order valence-electron chi connectivity index (χ1n) is 44.2. The average molecular weight is 2080 g/mol. The van der Waals surface area contributed by atoms with Crippen LogP contribution in [0.1, 0.15) is 237 Å². The molecule has 0 amide bonds. The van der Waals surface area contributed by atoms with Crippen LogP contribution in [0.2, 0.25) is 17.3 Å². The van der Waals surface area contributed by atoms with Gasteiger partial charge in [-0.2, -0.15) is 0 Å². The van der Waals surface area contributed by atoms with Crippen molar-refractivity contribution in [2.45, 2.75) is 264 Å². The minimum absolute atomic E-state index is 0.0107. The molecule has 2 N–H and O–H groups in total. The van der Waals surface area contributed by atoms with Crippen LogP contribution in [0.5, 0.6) is 0 Å². The second-order valence-corrected chi connectivity index (χ2v) is 44.5. The van der Waals surface area contributed by atoms with Gasteiger partial charge in [0.1, 0.15) is 13.2 Å². The number of hydrogen-bond donors (Lipinski definition) is 2. The van der Waals surface area contributed by atoms with Gasteiger partial charge in [0.05, 0.1) is 106 Å². The SMILES string of the molecule is CC1(C)OB(B2OC(C)(C)C(C)(C)O2)OC1(C)C.CCc1c(C)nc(-c2ccc(Cl)s2)nc1Cc1ccc(B2OC(C)(C)C(C)(C)O2)c(COC(C)=O)c1.CCc1c(C)nc(-c2ccc(Cl)s2)nc1Cc1ccc(Br)c(CO)c1.CCc1c(C)nc(-c2ccc(Cl)s2)nc1Cc1ccc(Br)c(COC(C)=O)c1.CCc1c(C)nc(-c2ccc(Cl)s2)nc1Cc1ccc2c(c1)COB2O. The van der Waals surface area contributed by atoms with E-state index in [0.29, 0.717) is 41.9 Å². The van der Waals surface area contributed by atoms with Gasteiger partial charge in [0.25, 0.3) is 0 Å². The van der Waals surface area contributed by atoms with Crippen molar-refractivity contribution in [3.8, 4) is 42.8 Å². The maximum absolute atomic E-state index is 11.6. The van der Waals surface area contributed by atoms with Crippen molar-refractivity contribution in [3.05, 3.63) is 260 Å². The lowest BCUT2D eigenvalue weighted by molar-refractivity contribution is -0.143. The molecule has 0 saturated carbocycles. The fourth-order valence-electron chi connectivity index (χ4n) is 15.6. The summed E-state index contributed by atoms with van der Waals surface area (Å²) < 4.78 is 57.0. The first-order chi connectivity index (χ1) is 62.7. The molecule has 0 unspecified atom stereocenters. The number of carbonyl (C=O) groups is 2. The van der Waals surface area contributed by atoms with E-state index in [-0.39, 0.29) is 54.2 Å². The Bertz CT molecular complexity index is 6140. The summed E-state index contributed by atoms with van der Waals surface area (Å²) >= 11 is 37.3. The Balaban J connectivity index is 0.000000152. The van der Waals surface area contributed by atoms with Crippen molar-refractivity contribution in [3.63, 3.8) is 0 Å². The lowest BCUT2D eigenvalue weighted by Gasteiger charge is -2.32. The fraction of sp³-hybridized carbons (Fsp3) is 0.408. The number of aliphatic hydroxyl groups is 1. The van der Waals surface area contributed by atoms with Crippen LogP contribution in [0.4, 0.5) is 0 Å². The van der Waals surface area contributed by atoms with E-state index in [2.05, 4.69) is 105 Å². The number of esters is 2. The van der Waals surface area contributed by atoms with Gasteiger partial charge in [0.2, 0.25) is 0 Å². The monoisotopic (exact) mass is 2080 g/mol. The highest BCUT2D eigenvalue weighted by Gasteiger charge is 2.64. The van der Waals surface area contributed by atoms with Crippen LogP contribution in [0.25, 0.3) is 42.8 Å². The molecule has 0 radical (unpaired) electrons. The molecule has 0 bridgehead atoms. The Morgan fingerprint density at radius 1 is 0.398 bits per heavy atom. The summed E-state index contributed by atoms with van der Waals surface area (Å²) in [7, 11) is -2.30. The van der Waals surface area contributed by atoms with Gasteiger partial charge >= 0.3 is 40.2 Å². The van der Waals surface area contributed by atoms with E-state index >= 15 is 0 Å². The van der Waals surface area contributed by atoms with E-state index < -0.39 is 39.5 Å². The predicted molar refractivity (Wildman–Crippen MR) is 547 cm³/mol. The van der Waals surface area contributed by atoms with E-state index in [1.807, 2.05) is 202 Å². The van der Waals surface area contributed by atoms with Crippen molar-refractivity contribution < 1.29 is 61.8 Å². The Morgan fingerprint density at radius 3 is 0.992 bits per heavy atom. The Hall–Kier alpha value is -7.04. The molecule has 21 nitrogen and oxygen atoms in total. The van der Waals surface area contributed by atoms with Gasteiger partial charge in [0, 0.05) is 76.8 Å². The second kappa shape index (κ2) is 44.4. The zero-order valence-corrected chi connectivity index (χ0v) is 88.7. The molecule has 8 aromatic heterocycles. The maximum Gasteiger partial charge on any atom is 0.495 e. The summed E-state index contributed by atoms with van der Waals surface area (Å²) in [6.45, 7) is 44.6. The van der Waals surface area contributed by atoms with Crippen LogP contribution in [0.15, 0.2) is 130 Å². The lowest BCUT2D eigenvalue weighted by Crippen LogP contribution is -2.41. The van der Waals surface area contributed by atoms with Crippen molar-refractivity contribution in [2.24, 2.45) is 0 Å². The zero-order valence-electron chi connectivity index (χ0n) is 79.2. The average Bonchev–Trinajstić information content (AvgIpc) is 1.59. The number of carbonyl (C=O) groups excluding carboxylic acids is 2. The smallest absolute Gasteiger partial charge is 0.461 e. The number of hydrogen-bond acceptors (Lipinski definition) is 25. The molecular weight excluding hydrogens is 1970 g/mol. The minimum Gasteiger partial charge on any atom is -0.461 e. The first kappa shape index (κ1) is 105. The highest BCUT2D eigenvalue weighted by atomic mass is 79.9. The number of aryl methyl sites for hydroxylation is 4. The van der Waals surface area contributed by atoms with Gasteiger partial charge in [-0.1, -0.05) is 167 Å². The van der Waals surface area contributed by atoms with Gasteiger partial charge in [-0.05, 0) is 269 Å². The molecule has 133 heavy (non-hydrogen) atoms. The van der Waals surface area contributed by atoms with Gasteiger partial charge < -0.3 is 52.2 Å². The van der Waals surface area contributed by atoms with Crippen LogP contribution < -0.4 is 10.9 Å². The van der Waals surface area contributed by atoms with E-state index in [9.17, 15) is 19.7 Å². The number of benzene rings is 4. The third-order valence-electron chi connectivity index (χ3n) is 24.9. The number of nitrogens with zero attached hydrogens (tertiary/aromatic N) is 8. The maximum atomic E-state index is 11.6. The third-order valence-corrected chi connectivity index (χ3v) is 31.3. The number of fused-ring (bicyclic) bond motifs is 1. The van der Waals surface area contributed by atoms with Crippen LogP contribution in [-0.4, -0.2) is 124 Å². The summed E-state index contributed by atoms with van der Waals surface area (Å²) in [6.07, 6.45) is 6.20. The number of aliphatic hydroxyl groups excluding tert-OH is 1. The van der Waals surface area contributed by atoms with Gasteiger partial charge in [-0.3, -0.25) is 9.59 Å². The molecule has 0 spiro atoms. The molecule has 16 rings (SSSR count). The lowest BCUT2D eigenvalue weighted by atomic mass is 9.49. The van der Waals surface area contributed by atoms with Crippen LogP contribution >= 0.6 is 124 Å². The fourth-order valence-corrected chi connectivity index (χ4v) is 20.2. The molecule has 4 aromatic carbocycles. The summed E-state index contributed by atoms with van der Waals surface area (Å²) in [6, 6.07) is 39.6. The first-order valence-corrected chi connectivity index (χ1v) is 50.6. The van der Waals surface area contributed by atoms with Crippen LogP contribution in [0, 0.1) is 27.7 Å². The predicted octanol–water partition coefficient (Wildman–Crippen LogP) is 23.2. The summed E-state index contributed by atoms with van der Waals surface area (Å²) in [5.74, 6) is 2.22. The van der Waals surface area contributed by atoms with E-state index in [4.69, 9.17) is 113 Å². The molecular formula is C98H112B4Br2Cl4N8O13S4. The Morgan fingerprint density at radius 2 is 0.684 bits per heavy atom. The van der Waals surface area contributed by atoms with Gasteiger partial charge in [-0.25, -0.2) is 39.9 Å².